The van der Waals surface area contributed by atoms with Crippen LogP contribution in [0.4, 0.5) is 5.69 Å². The van der Waals surface area contributed by atoms with E-state index < -0.39 is 4.92 Å². The molecule has 85 valence electrons. The van der Waals surface area contributed by atoms with Gasteiger partial charge >= 0.3 is 5.69 Å². The lowest BCUT2D eigenvalue weighted by atomic mass is 10.2. The van der Waals surface area contributed by atoms with Crippen LogP contribution in [0.3, 0.4) is 0 Å². The van der Waals surface area contributed by atoms with Gasteiger partial charge in [0.05, 0.1) is 4.92 Å². The molecule has 0 unspecified atom stereocenters. The van der Waals surface area contributed by atoms with Crippen molar-refractivity contribution in [3.63, 3.8) is 0 Å². The van der Waals surface area contributed by atoms with Crippen LogP contribution in [0.25, 0.3) is 0 Å². The summed E-state index contributed by atoms with van der Waals surface area (Å²) < 4.78 is 5.48. The van der Waals surface area contributed by atoms with Gasteiger partial charge in [0.1, 0.15) is 5.75 Å². The molecule has 0 aliphatic heterocycles. The predicted octanol–water partition coefficient (Wildman–Crippen LogP) is 3.50. The average Bonchev–Trinajstić information content (AvgIpc) is 2.30. The van der Waals surface area contributed by atoms with Gasteiger partial charge in [-0.05, 0) is 31.2 Å². The topological polar surface area (TPSA) is 52.4 Å². The summed E-state index contributed by atoms with van der Waals surface area (Å²) in [4.78, 5) is 10.5. The van der Waals surface area contributed by atoms with Crippen LogP contribution in [-0.2, 0) is 0 Å². The molecule has 0 atom stereocenters. The molecular weight excluding hydrogens is 218 g/mol. The molecule has 0 aromatic heterocycles. The van der Waals surface area contributed by atoms with E-state index in [1.807, 2.05) is 0 Å². The van der Waals surface area contributed by atoms with Crippen molar-refractivity contribution in [1.29, 1.82) is 0 Å². The first-order valence-electron chi connectivity index (χ1n) is 5.06. The van der Waals surface area contributed by atoms with Crippen LogP contribution in [0.1, 0.15) is 5.56 Å². The maximum absolute atomic E-state index is 11.0. The van der Waals surface area contributed by atoms with Crippen LogP contribution in [0.2, 0.25) is 0 Å². The predicted molar refractivity (Wildman–Crippen MR) is 63.2 cm³/mol. The molecular formula is C13H10NO3. The minimum Gasteiger partial charge on any atom is -0.450 e. The molecule has 0 saturated carbocycles. The second kappa shape index (κ2) is 4.65. The highest BCUT2D eigenvalue weighted by molar-refractivity contribution is 5.53. The van der Waals surface area contributed by atoms with Crippen molar-refractivity contribution >= 4 is 5.69 Å². The molecule has 0 spiro atoms. The zero-order valence-electron chi connectivity index (χ0n) is 9.21. The first-order valence-corrected chi connectivity index (χ1v) is 5.06. The van der Waals surface area contributed by atoms with E-state index in [-0.39, 0.29) is 11.4 Å². The second-order valence-electron chi connectivity index (χ2n) is 3.52. The number of aryl methyl sites for hydroxylation is 1. The Morgan fingerprint density at radius 1 is 1.29 bits per heavy atom. The molecule has 0 bridgehead atoms. The summed E-state index contributed by atoms with van der Waals surface area (Å²) >= 11 is 0. The standard InChI is InChI=1S/C13H10NO3/c1-10-6-5-9-12(13(10)14(15)16)17-11-7-3-2-4-8-11/h2-3,5-9H,1H3. The average molecular weight is 228 g/mol. The van der Waals surface area contributed by atoms with Crippen molar-refractivity contribution in [2.24, 2.45) is 0 Å². The van der Waals surface area contributed by atoms with Crippen molar-refractivity contribution in [2.75, 3.05) is 0 Å². The number of ether oxygens (including phenoxy) is 1. The summed E-state index contributed by atoms with van der Waals surface area (Å²) in [7, 11) is 0. The Labute approximate surface area is 98.6 Å². The van der Waals surface area contributed by atoms with Gasteiger partial charge in [-0.25, -0.2) is 0 Å². The second-order valence-corrected chi connectivity index (χ2v) is 3.52. The highest BCUT2D eigenvalue weighted by atomic mass is 16.6. The number of rotatable bonds is 3. The van der Waals surface area contributed by atoms with Gasteiger partial charge in [0, 0.05) is 5.56 Å². The maximum Gasteiger partial charge on any atom is 0.314 e. The third-order valence-corrected chi connectivity index (χ3v) is 2.29. The molecule has 0 saturated heterocycles. The lowest BCUT2D eigenvalue weighted by Gasteiger charge is -2.07. The molecule has 2 aromatic rings. The molecule has 2 aromatic carbocycles. The normalized spacial score (nSPS) is 9.94. The van der Waals surface area contributed by atoms with E-state index in [0.29, 0.717) is 11.3 Å². The van der Waals surface area contributed by atoms with Crippen molar-refractivity contribution in [1.82, 2.24) is 0 Å². The highest BCUT2D eigenvalue weighted by Crippen LogP contribution is 2.33. The van der Waals surface area contributed by atoms with Gasteiger partial charge < -0.3 is 4.74 Å². The van der Waals surface area contributed by atoms with E-state index in [2.05, 4.69) is 6.07 Å². The van der Waals surface area contributed by atoms with Gasteiger partial charge in [-0.1, -0.05) is 24.3 Å². The van der Waals surface area contributed by atoms with E-state index in [4.69, 9.17) is 4.74 Å². The minimum absolute atomic E-state index is 0.00338. The summed E-state index contributed by atoms with van der Waals surface area (Å²) in [5, 5.41) is 11.0. The molecule has 2 rings (SSSR count). The Bertz CT molecular complexity index is 538. The fourth-order valence-electron chi connectivity index (χ4n) is 1.52. The summed E-state index contributed by atoms with van der Waals surface area (Å²) in [6.07, 6.45) is 0. The van der Waals surface area contributed by atoms with Gasteiger partial charge in [-0.2, -0.15) is 0 Å². The zero-order valence-corrected chi connectivity index (χ0v) is 9.21. The number of hydrogen-bond donors (Lipinski definition) is 0. The summed E-state index contributed by atoms with van der Waals surface area (Å²) in [6, 6.07) is 14.7. The number of benzene rings is 2. The van der Waals surface area contributed by atoms with Crippen LogP contribution in [0.15, 0.2) is 42.5 Å². The largest absolute Gasteiger partial charge is 0.450 e. The summed E-state index contributed by atoms with van der Waals surface area (Å²) in [5.74, 6) is 0.774. The van der Waals surface area contributed by atoms with Crippen LogP contribution in [0.5, 0.6) is 11.5 Å². The molecule has 17 heavy (non-hydrogen) atoms. The third kappa shape index (κ3) is 2.42. The van der Waals surface area contributed by atoms with Gasteiger partial charge in [-0.3, -0.25) is 10.1 Å². The quantitative estimate of drug-likeness (QED) is 0.596. The van der Waals surface area contributed by atoms with Crippen molar-refractivity contribution in [2.45, 2.75) is 6.92 Å². The Morgan fingerprint density at radius 2 is 2.12 bits per heavy atom. The number of nitrogens with zero attached hydrogens (tertiary/aromatic N) is 1. The van der Waals surface area contributed by atoms with Crippen molar-refractivity contribution in [3.8, 4) is 11.5 Å². The molecule has 0 aliphatic carbocycles. The van der Waals surface area contributed by atoms with Gasteiger partial charge in [-0.15, -0.1) is 0 Å². The number of nitro groups is 1. The maximum atomic E-state index is 11.0. The van der Waals surface area contributed by atoms with Crippen LogP contribution in [-0.4, -0.2) is 4.92 Å². The molecule has 0 heterocycles. The lowest BCUT2D eigenvalue weighted by Crippen LogP contribution is -1.95. The summed E-state index contributed by atoms with van der Waals surface area (Å²) in [5.41, 5.74) is 0.573. The molecule has 1 radical (unpaired) electrons. The zero-order chi connectivity index (χ0) is 12.3. The first kappa shape index (κ1) is 11.1. The van der Waals surface area contributed by atoms with E-state index in [0.717, 1.165) is 0 Å². The number of hydrogen-bond acceptors (Lipinski definition) is 3. The molecule has 4 heteroatoms. The van der Waals surface area contributed by atoms with Crippen molar-refractivity contribution < 1.29 is 9.66 Å². The van der Waals surface area contributed by atoms with E-state index >= 15 is 0 Å². The fraction of sp³-hybridized carbons (Fsp3) is 0.0769. The smallest absolute Gasteiger partial charge is 0.314 e. The van der Waals surface area contributed by atoms with Crippen LogP contribution in [0, 0.1) is 23.1 Å². The highest BCUT2D eigenvalue weighted by Gasteiger charge is 2.18. The number of para-hydroxylation sites is 1. The van der Waals surface area contributed by atoms with E-state index in [1.54, 1.807) is 49.4 Å². The monoisotopic (exact) mass is 228 g/mol. The fourth-order valence-corrected chi connectivity index (χ4v) is 1.52. The van der Waals surface area contributed by atoms with E-state index in [9.17, 15) is 10.1 Å². The Hall–Kier alpha value is -2.36. The van der Waals surface area contributed by atoms with Crippen molar-refractivity contribution in [3.05, 3.63) is 64.2 Å². The van der Waals surface area contributed by atoms with E-state index in [1.165, 1.54) is 0 Å². The molecule has 0 fully saturated rings. The molecule has 0 N–H and O–H groups in total. The number of nitro benzene ring substituents is 1. The minimum atomic E-state index is -0.433. The Balaban J connectivity index is 2.40. The molecule has 0 amide bonds. The van der Waals surface area contributed by atoms with Gasteiger partial charge in [0.15, 0.2) is 0 Å². The molecule has 0 aliphatic rings. The third-order valence-electron chi connectivity index (χ3n) is 2.29. The summed E-state index contributed by atoms with van der Waals surface area (Å²) in [6.45, 7) is 1.68. The van der Waals surface area contributed by atoms with Crippen LogP contribution >= 0.6 is 0 Å². The van der Waals surface area contributed by atoms with Gasteiger partial charge in [0.2, 0.25) is 5.75 Å². The Kier molecular flexibility index (Phi) is 3.05. The van der Waals surface area contributed by atoms with Gasteiger partial charge in [0.25, 0.3) is 0 Å². The SMILES string of the molecule is Cc1cccc(Oc2c[c]ccc2)c1[N+](=O)[O-]. The molecule has 4 nitrogen and oxygen atoms in total. The Morgan fingerprint density at radius 3 is 2.76 bits per heavy atom. The first-order chi connectivity index (χ1) is 8.18. The van der Waals surface area contributed by atoms with Crippen LogP contribution < -0.4 is 4.74 Å². The lowest BCUT2D eigenvalue weighted by molar-refractivity contribution is -0.386.